The van der Waals surface area contributed by atoms with Crippen molar-refractivity contribution in [3.63, 3.8) is 0 Å². The number of carbonyl (C=O) groups excluding carboxylic acids is 1. The van der Waals surface area contributed by atoms with Crippen molar-refractivity contribution in [2.45, 2.75) is 25.9 Å². The summed E-state index contributed by atoms with van der Waals surface area (Å²) in [4.78, 5) is 16.8. The van der Waals surface area contributed by atoms with Crippen molar-refractivity contribution in [1.82, 2.24) is 4.98 Å². The lowest BCUT2D eigenvalue weighted by Gasteiger charge is -2.20. The normalized spacial score (nSPS) is 25.6. The van der Waals surface area contributed by atoms with Crippen molar-refractivity contribution in [2.24, 2.45) is 23.7 Å². The lowest BCUT2D eigenvalue weighted by atomic mass is 9.97. The number of carbonyl (C=O) groups is 1. The summed E-state index contributed by atoms with van der Waals surface area (Å²) in [7, 11) is 0. The number of ether oxygens (including phenoxy) is 1. The predicted octanol–water partition coefficient (Wildman–Crippen LogP) is 5.19. The van der Waals surface area contributed by atoms with Crippen LogP contribution in [0.3, 0.4) is 0 Å². The largest absolute Gasteiger partial charge is 0.490 e. The van der Waals surface area contributed by atoms with E-state index in [1.807, 2.05) is 6.92 Å². The van der Waals surface area contributed by atoms with Crippen molar-refractivity contribution >= 4 is 22.5 Å². The summed E-state index contributed by atoms with van der Waals surface area (Å²) in [5.74, 6) is 1.16. The summed E-state index contributed by atoms with van der Waals surface area (Å²) in [5.41, 5.74) is 1.32. The Balaban J connectivity index is 1.20. The number of hydrogen-bond donors (Lipinski definition) is 1. The topological polar surface area (TPSA) is 51.2 Å². The Morgan fingerprint density at radius 1 is 1.07 bits per heavy atom. The molecule has 5 atom stereocenters. The third kappa shape index (κ3) is 3.51. The van der Waals surface area contributed by atoms with Crippen molar-refractivity contribution < 1.29 is 18.3 Å². The molecule has 2 fully saturated rings. The Kier molecular flexibility index (Phi) is 4.65. The van der Waals surface area contributed by atoms with Crippen LogP contribution in [0.1, 0.15) is 19.8 Å². The molecular formula is C24H22F2N2O2. The summed E-state index contributed by atoms with van der Waals surface area (Å²) in [6.07, 6.45) is 3.53. The maximum Gasteiger partial charge on any atom is 0.227 e. The van der Waals surface area contributed by atoms with Gasteiger partial charge in [0.25, 0.3) is 0 Å². The van der Waals surface area contributed by atoms with Crippen LogP contribution in [0, 0.1) is 35.3 Å². The molecule has 1 aromatic heterocycles. The number of aromatic nitrogens is 1. The number of nitrogens with zero attached hydrogens (tertiary/aromatic N) is 1. The number of fused-ring (bicyclic) bond motifs is 2. The van der Waals surface area contributed by atoms with Crippen molar-refractivity contribution in [1.29, 1.82) is 0 Å². The van der Waals surface area contributed by atoms with E-state index in [4.69, 9.17) is 4.74 Å². The van der Waals surface area contributed by atoms with E-state index in [1.165, 1.54) is 24.3 Å². The zero-order valence-electron chi connectivity index (χ0n) is 16.5. The molecule has 30 heavy (non-hydrogen) atoms. The highest BCUT2D eigenvalue weighted by Crippen LogP contribution is 2.61. The van der Waals surface area contributed by atoms with Crippen LogP contribution in [0.2, 0.25) is 0 Å². The van der Waals surface area contributed by atoms with Gasteiger partial charge in [-0.1, -0.05) is 6.92 Å². The van der Waals surface area contributed by atoms with Crippen molar-refractivity contribution in [3.8, 4) is 5.75 Å². The Bertz CT molecular complexity index is 1090. The minimum Gasteiger partial charge on any atom is -0.490 e. The molecule has 2 aliphatic rings. The molecule has 0 aliphatic heterocycles. The van der Waals surface area contributed by atoms with Gasteiger partial charge < -0.3 is 10.1 Å². The second kappa shape index (κ2) is 7.35. The van der Waals surface area contributed by atoms with E-state index in [1.54, 1.807) is 30.5 Å². The minimum atomic E-state index is -0.325. The molecule has 0 spiro atoms. The molecular weight excluding hydrogens is 386 g/mol. The van der Waals surface area contributed by atoms with E-state index in [0.29, 0.717) is 40.1 Å². The smallest absolute Gasteiger partial charge is 0.227 e. The molecule has 6 heteroatoms. The van der Waals surface area contributed by atoms with Gasteiger partial charge in [0.2, 0.25) is 5.91 Å². The number of amides is 1. The molecule has 1 unspecified atom stereocenters. The maximum atomic E-state index is 13.7. The van der Waals surface area contributed by atoms with Gasteiger partial charge in [0, 0.05) is 23.2 Å². The average Bonchev–Trinajstić information content (AvgIpc) is 3.24. The Morgan fingerprint density at radius 3 is 2.50 bits per heavy atom. The average molecular weight is 408 g/mol. The number of nitrogens with one attached hydrogen (secondary N) is 1. The number of rotatable bonds is 5. The van der Waals surface area contributed by atoms with Crippen LogP contribution in [0.5, 0.6) is 5.75 Å². The van der Waals surface area contributed by atoms with Crippen LogP contribution in [0.25, 0.3) is 10.9 Å². The van der Waals surface area contributed by atoms with E-state index >= 15 is 0 Å². The molecule has 1 N–H and O–H groups in total. The third-order valence-corrected chi connectivity index (χ3v) is 6.53. The molecule has 0 saturated heterocycles. The SMILES string of the molecule is CC(C(=O)Nc1ccc(F)cc1)[C@H]1[C@@H]2C[C@H](Oc3ccnc4ccc(F)cc34)C[C@@H]21. The lowest BCUT2D eigenvalue weighted by Crippen LogP contribution is -2.25. The summed E-state index contributed by atoms with van der Waals surface area (Å²) in [6.45, 7) is 1.96. The highest BCUT2D eigenvalue weighted by Gasteiger charge is 2.59. The number of anilines is 1. The molecule has 0 radical (unpaired) electrons. The summed E-state index contributed by atoms with van der Waals surface area (Å²) < 4.78 is 32.9. The van der Waals surface area contributed by atoms with Gasteiger partial charge in [-0.15, -0.1) is 0 Å². The van der Waals surface area contributed by atoms with Gasteiger partial charge in [-0.05, 0) is 79.1 Å². The second-order valence-corrected chi connectivity index (χ2v) is 8.37. The van der Waals surface area contributed by atoms with Gasteiger partial charge in [-0.3, -0.25) is 9.78 Å². The van der Waals surface area contributed by atoms with E-state index < -0.39 is 0 Å². The fraction of sp³-hybridized carbons (Fsp3) is 0.333. The highest BCUT2D eigenvalue weighted by atomic mass is 19.1. The van der Waals surface area contributed by atoms with E-state index in [0.717, 1.165) is 12.8 Å². The number of benzene rings is 2. The van der Waals surface area contributed by atoms with E-state index in [-0.39, 0.29) is 29.6 Å². The zero-order valence-corrected chi connectivity index (χ0v) is 16.5. The molecule has 154 valence electrons. The molecule has 5 rings (SSSR count). The summed E-state index contributed by atoms with van der Waals surface area (Å²) in [6, 6.07) is 12.1. The third-order valence-electron chi connectivity index (χ3n) is 6.53. The predicted molar refractivity (Wildman–Crippen MR) is 110 cm³/mol. The van der Waals surface area contributed by atoms with E-state index in [2.05, 4.69) is 10.3 Å². The lowest BCUT2D eigenvalue weighted by molar-refractivity contribution is -0.120. The quantitative estimate of drug-likeness (QED) is 0.632. The molecule has 3 aromatic rings. The minimum absolute atomic E-state index is 0.0333. The first-order chi connectivity index (χ1) is 14.5. The number of hydrogen-bond acceptors (Lipinski definition) is 3. The fourth-order valence-corrected chi connectivity index (χ4v) is 5.02. The van der Waals surface area contributed by atoms with Gasteiger partial charge in [0.15, 0.2) is 0 Å². The Labute approximate surface area is 173 Å². The molecule has 2 aromatic carbocycles. The Morgan fingerprint density at radius 2 is 1.77 bits per heavy atom. The standard InChI is InChI=1S/C24H22F2N2O2/c1-13(24(29)28-16-5-2-14(25)3-6-16)23-18-11-17(12-19(18)23)30-22-8-9-27-21-7-4-15(26)10-20(21)22/h2-10,13,17-19,23H,11-12H2,1H3,(H,28,29)/t13?,17-,18+,19-,23-. The summed E-state index contributed by atoms with van der Waals surface area (Å²) in [5, 5.41) is 3.56. The fourth-order valence-electron chi connectivity index (χ4n) is 5.02. The van der Waals surface area contributed by atoms with Crippen LogP contribution in [0.4, 0.5) is 14.5 Å². The molecule has 1 heterocycles. The van der Waals surface area contributed by atoms with Crippen LogP contribution in [-0.4, -0.2) is 17.0 Å². The molecule has 2 saturated carbocycles. The summed E-state index contributed by atoms with van der Waals surface area (Å²) >= 11 is 0. The van der Waals surface area contributed by atoms with Crippen LogP contribution >= 0.6 is 0 Å². The van der Waals surface area contributed by atoms with Crippen molar-refractivity contribution in [2.75, 3.05) is 5.32 Å². The van der Waals surface area contributed by atoms with E-state index in [9.17, 15) is 13.6 Å². The number of pyridine rings is 1. The van der Waals surface area contributed by atoms with Gasteiger partial charge in [-0.25, -0.2) is 8.78 Å². The first kappa shape index (κ1) is 19.0. The van der Waals surface area contributed by atoms with Gasteiger partial charge in [-0.2, -0.15) is 0 Å². The maximum absolute atomic E-state index is 13.7. The zero-order chi connectivity index (χ0) is 20.8. The van der Waals surface area contributed by atoms with Gasteiger partial charge in [0.05, 0.1) is 11.6 Å². The molecule has 1 amide bonds. The second-order valence-electron chi connectivity index (χ2n) is 8.37. The Hall–Kier alpha value is -3.02. The highest BCUT2D eigenvalue weighted by molar-refractivity contribution is 5.92. The van der Waals surface area contributed by atoms with Gasteiger partial charge >= 0.3 is 0 Å². The van der Waals surface area contributed by atoms with Gasteiger partial charge in [0.1, 0.15) is 17.4 Å². The van der Waals surface area contributed by atoms with Crippen LogP contribution in [0.15, 0.2) is 54.7 Å². The molecule has 2 aliphatic carbocycles. The first-order valence-electron chi connectivity index (χ1n) is 10.3. The molecule has 4 nitrogen and oxygen atoms in total. The van der Waals surface area contributed by atoms with Crippen molar-refractivity contribution in [3.05, 3.63) is 66.4 Å². The van der Waals surface area contributed by atoms with Crippen LogP contribution in [-0.2, 0) is 4.79 Å². The molecule has 0 bridgehead atoms. The monoisotopic (exact) mass is 408 g/mol. The number of halogens is 2. The first-order valence-corrected chi connectivity index (χ1v) is 10.3. The van der Waals surface area contributed by atoms with Crippen LogP contribution < -0.4 is 10.1 Å².